The lowest BCUT2D eigenvalue weighted by Crippen LogP contribution is -2.43. The molecule has 8 N–H and O–H groups in total. The molecule has 0 aliphatic carbocycles. The maximum atomic E-state index is 16.0. The molecular weight excluding hydrogens is 608 g/mol. The van der Waals surface area contributed by atoms with Gasteiger partial charge in [-0.25, -0.2) is 19.3 Å². The predicted molar refractivity (Wildman–Crippen MR) is 140 cm³/mol. The van der Waals surface area contributed by atoms with Crippen LogP contribution in [0.25, 0.3) is 22.3 Å². The molecule has 4 aromatic rings. The second-order valence-electron chi connectivity index (χ2n) is 9.48. The van der Waals surface area contributed by atoms with Crippen LogP contribution in [-0.2, 0) is 36.1 Å². The van der Waals surface area contributed by atoms with Gasteiger partial charge < -0.3 is 44.9 Å². The lowest BCUT2D eigenvalue weighted by Gasteiger charge is -2.28. The molecule has 42 heavy (non-hydrogen) atoms. The SMILES string of the molecule is Nc1nc2c(ncn2[C@@H]2O[C@H](CO)[C@@H](O)[C@H]2OP(O)(=S)OC[C@H]2OC[C@@](F)(n3cnc4c(=O)[nH]cnc43)[C@@H]2O)c(=O)[nH]1. The number of aliphatic hydroxyl groups is 3. The van der Waals surface area contributed by atoms with E-state index in [0.29, 0.717) is 0 Å². The first-order valence-electron chi connectivity index (χ1n) is 12.2. The molecule has 19 nitrogen and oxygen atoms in total. The third-order valence-electron chi connectivity index (χ3n) is 6.92. The van der Waals surface area contributed by atoms with Crippen LogP contribution in [0.1, 0.15) is 6.23 Å². The molecule has 0 amide bonds. The predicted octanol–water partition coefficient (Wildman–Crippen LogP) is -2.91. The van der Waals surface area contributed by atoms with Gasteiger partial charge in [-0.2, -0.15) is 4.98 Å². The number of H-pyrrole nitrogens is 2. The fraction of sp³-hybridized carbons (Fsp3) is 0.500. The zero-order valence-electron chi connectivity index (χ0n) is 21.0. The van der Waals surface area contributed by atoms with Crippen molar-refractivity contribution in [1.29, 1.82) is 0 Å². The molecule has 0 bridgehead atoms. The normalized spacial score (nSPS) is 31.3. The number of nitrogens with two attached hydrogens (primary N) is 1. The molecule has 6 rings (SSSR count). The highest BCUT2D eigenvalue weighted by molar-refractivity contribution is 8.07. The maximum absolute atomic E-state index is 16.0. The maximum Gasteiger partial charge on any atom is 0.325 e. The Hall–Kier alpha value is -3.24. The summed E-state index contributed by atoms with van der Waals surface area (Å²) in [6, 6.07) is 0. The summed E-state index contributed by atoms with van der Waals surface area (Å²) in [6.07, 6.45) is -5.58. The number of anilines is 1. The van der Waals surface area contributed by atoms with Crippen molar-refractivity contribution in [3.63, 3.8) is 0 Å². The number of aromatic nitrogens is 8. The van der Waals surface area contributed by atoms with Gasteiger partial charge in [-0.15, -0.1) is 0 Å². The van der Waals surface area contributed by atoms with Gasteiger partial charge in [0, 0.05) is 0 Å². The van der Waals surface area contributed by atoms with Crippen LogP contribution >= 0.6 is 6.72 Å². The average molecular weight is 631 g/mol. The highest BCUT2D eigenvalue weighted by atomic mass is 32.5. The van der Waals surface area contributed by atoms with E-state index in [1.165, 1.54) is 4.57 Å². The summed E-state index contributed by atoms with van der Waals surface area (Å²) in [7, 11) is 0. The number of hydrogen-bond acceptors (Lipinski definition) is 15. The van der Waals surface area contributed by atoms with Crippen molar-refractivity contribution in [2.75, 3.05) is 25.6 Å². The minimum Gasteiger partial charge on any atom is -0.394 e. The van der Waals surface area contributed by atoms with Gasteiger partial charge in [-0.3, -0.25) is 28.2 Å². The summed E-state index contributed by atoms with van der Waals surface area (Å²) >= 11 is 5.10. The van der Waals surface area contributed by atoms with Gasteiger partial charge in [-0.1, -0.05) is 0 Å². The van der Waals surface area contributed by atoms with E-state index in [2.05, 4.69) is 29.9 Å². The third kappa shape index (κ3) is 4.72. The smallest absolute Gasteiger partial charge is 0.325 e. The monoisotopic (exact) mass is 631 g/mol. The number of imidazole rings is 2. The molecule has 0 spiro atoms. The molecule has 226 valence electrons. The highest BCUT2D eigenvalue weighted by Gasteiger charge is 2.53. The van der Waals surface area contributed by atoms with Crippen LogP contribution in [-0.4, -0.2) is 110 Å². The Morgan fingerprint density at radius 3 is 2.69 bits per heavy atom. The van der Waals surface area contributed by atoms with E-state index in [0.717, 1.165) is 23.5 Å². The van der Waals surface area contributed by atoms with Gasteiger partial charge >= 0.3 is 6.72 Å². The second kappa shape index (κ2) is 10.5. The van der Waals surface area contributed by atoms with Gasteiger partial charge in [0.05, 0.1) is 25.9 Å². The number of aromatic amines is 2. The number of nitrogen functional groups attached to an aromatic ring is 1. The molecule has 2 saturated heterocycles. The van der Waals surface area contributed by atoms with E-state index in [-0.39, 0.29) is 28.3 Å². The molecule has 0 aromatic carbocycles. The van der Waals surface area contributed by atoms with E-state index in [9.17, 15) is 29.8 Å². The number of nitrogens with one attached hydrogen (secondary N) is 2. The average Bonchev–Trinajstić information content (AvgIpc) is 3.70. The fourth-order valence-corrected chi connectivity index (χ4v) is 6.26. The van der Waals surface area contributed by atoms with Crippen molar-refractivity contribution in [3.8, 4) is 0 Å². The fourth-order valence-electron chi connectivity index (χ4n) is 4.84. The minimum absolute atomic E-state index is 0.0435. The molecule has 2 aliphatic heterocycles. The molecule has 2 fully saturated rings. The molecule has 1 unspecified atom stereocenters. The van der Waals surface area contributed by atoms with Crippen LogP contribution in [0.15, 0.2) is 28.6 Å². The number of rotatable bonds is 8. The topological polar surface area (TPSA) is 271 Å². The summed E-state index contributed by atoms with van der Waals surface area (Å²) in [5.41, 5.74) is 3.95. The summed E-state index contributed by atoms with van der Waals surface area (Å²) in [5.74, 6) is -2.84. The first kappa shape index (κ1) is 28.9. The van der Waals surface area contributed by atoms with Crippen LogP contribution in [0.4, 0.5) is 10.3 Å². The first-order chi connectivity index (χ1) is 19.9. The number of aliphatic hydroxyl groups excluding tert-OH is 3. The van der Waals surface area contributed by atoms with Crippen molar-refractivity contribution in [3.05, 3.63) is 39.7 Å². The summed E-state index contributed by atoms with van der Waals surface area (Å²) < 4.78 is 40.0. The lowest BCUT2D eigenvalue weighted by atomic mass is 10.1. The Labute approximate surface area is 236 Å². The number of fused-ring (bicyclic) bond motifs is 2. The molecule has 0 saturated carbocycles. The van der Waals surface area contributed by atoms with Gasteiger partial charge in [0.25, 0.3) is 11.1 Å². The Morgan fingerprint density at radius 2 is 1.93 bits per heavy atom. The first-order valence-corrected chi connectivity index (χ1v) is 14.7. The van der Waals surface area contributed by atoms with Crippen molar-refractivity contribution < 1.29 is 43.1 Å². The van der Waals surface area contributed by atoms with Gasteiger partial charge in [0.15, 0.2) is 28.6 Å². The van der Waals surface area contributed by atoms with Gasteiger partial charge in [0.1, 0.15) is 43.5 Å². The number of ether oxygens (including phenoxy) is 2. The lowest BCUT2D eigenvalue weighted by molar-refractivity contribution is -0.0534. The summed E-state index contributed by atoms with van der Waals surface area (Å²) in [5, 5.41) is 31.2. The van der Waals surface area contributed by atoms with Crippen LogP contribution in [0.5, 0.6) is 0 Å². The summed E-state index contributed by atoms with van der Waals surface area (Å²) in [4.78, 5) is 55.3. The van der Waals surface area contributed by atoms with Crippen LogP contribution in [0.3, 0.4) is 0 Å². The number of nitrogens with zero attached hydrogens (tertiary/aromatic N) is 6. The van der Waals surface area contributed by atoms with E-state index in [1.807, 2.05) is 0 Å². The molecule has 8 atom stereocenters. The van der Waals surface area contributed by atoms with Crippen molar-refractivity contribution in [2.24, 2.45) is 0 Å². The zero-order valence-corrected chi connectivity index (χ0v) is 22.8. The van der Waals surface area contributed by atoms with E-state index in [4.69, 9.17) is 36.1 Å². The van der Waals surface area contributed by atoms with Crippen molar-refractivity contribution in [2.45, 2.75) is 42.5 Å². The van der Waals surface area contributed by atoms with E-state index < -0.39 is 80.2 Å². The van der Waals surface area contributed by atoms with Crippen LogP contribution in [0.2, 0.25) is 0 Å². The molecule has 4 aromatic heterocycles. The van der Waals surface area contributed by atoms with Crippen molar-refractivity contribution >= 4 is 46.8 Å². The van der Waals surface area contributed by atoms with Crippen LogP contribution < -0.4 is 16.9 Å². The van der Waals surface area contributed by atoms with Gasteiger partial charge in [-0.05, 0) is 11.8 Å². The molecule has 2 aliphatic rings. The Kier molecular flexibility index (Phi) is 7.20. The summed E-state index contributed by atoms with van der Waals surface area (Å²) in [6.45, 7) is -6.28. The highest BCUT2D eigenvalue weighted by Crippen LogP contribution is 2.50. The van der Waals surface area contributed by atoms with Gasteiger partial charge in [0.2, 0.25) is 11.7 Å². The molecular formula is C20H23FN9O10PS. The Morgan fingerprint density at radius 1 is 1.19 bits per heavy atom. The zero-order chi connectivity index (χ0) is 30.0. The van der Waals surface area contributed by atoms with Crippen LogP contribution in [0, 0.1) is 0 Å². The number of alkyl halides is 1. The molecule has 0 radical (unpaired) electrons. The third-order valence-corrected chi connectivity index (χ3v) is 8.48. The standard InChI is InChI=1S/C20H23FN9O10PS/c21-20(30-6-26-9-14(30)23-4-24-16(9)34)3-37-8(13(20)33)2-38-41(36,42)40-12-11(32)7(1-31)39-18(12)29-5-25-10-15(29)27-19(22)28-17(10)35/h4-8,11-13,18,31-33H,1-3H2,(H,36,42)(H,23,24,34)(H3,22,27,28,35)/t7-,8-,11-,12-,13-,18-,20-,41?/m1/s1. The van der Waals surface area contributed by atoms with E-state index in [1.54, 1.807) is 0 Å². The molecule has 22 heteroatoms. The quantitative estimate of drug-likeness (QED) is 0.0960. The largest absolute Gasteiger partial charge is 0.394 e. The van der Waals surface area contributed by atoms with Crippen molar-refractivity contribution in [1.82, 2.24) is 39.0 Å². The Balaban J connectivity index is 1.19. The molecule has 6 heterocycles. The second-order valence-corrected chi connectivity index (χ2v) is 12.3. The minimum atomic E-state index is -4.29. The Bertz CT molecular complexity index is 1820. The number of hydrogen-bond donors (Lipinski definition) is 7. The van der Waals surface area contributed by atoms with E-state index >= 15 is 4.39 Å². The number of halogens is 1.